The SMILES string of the molecule is Cn1nc2c(c1-c1cc(F)c(F)c(F)c1)CCN(C(=O)c1cccc3cnn(C)c13)C2. The number of amides is 1. The molecule has 0 saturated carbocycles. The topological polar surface area (TPSA) is 56.0 Å². The lowest BCUT2D eigenvalue weighted by molar-refractivity contribution is 0.0734. The van der Waals surface area contributed by atoms with Crippen LogP contribution >= 0.6 is 0 Å². The third kappa shape index (κ3) is 2.99. The standard InChI is InChI=1S/C22H18F3N5O/c1-28-20-12(10-26-28)4-3-5-15(20)22(31)30-7-6-14-18(11-30)27-29(2)21(14)13-8-16(23)19(25)17(24)9-13/h3-5,8-10H,6-7,11H2,1-2H3. The van der Waals surface area contributed by atoms with E-state index in [0.717, 1.165) is 28.6 Å². The molecule has 6 nitrogen and oxygen atoms in total. The van der Waals surface area contributed by atoms with Gasteiger partial charge in [-0.2, -0.15) is 10.2 Å². The molecule has 31 heavy (non-hydrogen) atoms. The fraction of sp³-hybridized carbons (Fsp3) is 0.227. The van der Waals surface area contributed by atoms with E-state index in [2.05, 4.69) is 10.2 Å². The number of aryl methyl sites for hydroxylation is 2. The summed E-state index contributed by atoms with van der Waals surface area (Å²) in [4.78, 5) is 15.0. The predicted octanol–water partition coefficient (Wildman–Crippen LogP) is 3.59. The van der Waals surface area contributed by atoms with Crippen molar-refractivity contribution >= 4 is 16.8 Å². The van der Waals surface area contributed by atoms with Crippen molar-refractivity contribution in [2.75, 3.05) is 6.54 Å². The predicted molar refractivity (Wildman–Crippen MR) is 108 cm³/mol. The van der Waals surface area contributed by atoms with E-state index >= 15 is 0 Å². The molecule has 0 unspecified atom stereocenters. The quantitative estimate of drug-likeness (QED) is 0.462. The van der Waals surface area contributed by atoms with Gasteiger partial charge in [-0.05, 0) is 24.6 Å². The molecule has 2 aromatic carbocycles. The number of para-hydroxylation sites is 1. The van der Waals surface area contributed by atoms with E-state index in [4.69, 9.17) is 0 Å². The third-order valence-electron chi connectivity index (χ3n) is 5.74. The highest BCUT2D eigenvalue weighted by molar-refractivity contribution is 6.05. The van der Waals surface area contributed by atoms with E-state index in [-0.39, 0.29) is 18.0 Å². The van der Waals surface area contributed by atoms with E-state index < -0.39 is 17.5 Å². The molecule has 5 rings (SSSR count). The maximum atomic E-state index is 13.8. The summed E-state index contributed by atoms with van der Waals surface area (Å²) in [7, 11) is 3.45. The summed E-state index contributed by atoms with van der Waals surface area (Å²) in [5.41, 5.74) is 3.51. The zero-order valence-electron chi connectivity index (χ0n) is 16.9. The van der Waals surface area contributed by atoms with Gasteiger partial charge in [0.1, 0.15) is 0 Å². The summed E-state index contributed by atoms with van der Waals surface area (Å²) in [5.74, 6) is -4.13. The molecule has 0 spiro atoms. The van der Waals surface area contributed by atoms with Crippen molar-refractivity contribution in [1.82, 2.24) is 24.5 Å². The summed E-state index contributed by atoms with van der Waals surface area (Å²) >= 11 is 0. The molecule has 1 amide bonds. The summed E-state index contributed by atoms with van der Waals surface area (Å²) < 4.78 is 44.1. The first-order valence-corrected chi connectivity index (χ1v) is 9.75. The Bertz CT molecular complexity index is 1330. The largest absolute Gasteiger partial charge is 0.332 e. The number of hydrogen-bond acceptors (Lipinski definition) is 3. The first-order valence-electron chi connectivity index (χ1n) is 9.75. The second-order valence-corrected chi connectivity index (χ2v) is 7.64. The molecule has 0 N–H and O–H groups in total. The molecule has 4 aromatic rings. The third-order valence-corrected chi connectivity index (χ3v) is 5.74. The van der Waals surface area contributed by atoms with Gasteiger partial charge < -0.3 is 4.90 Å². The number of hydrogen-bond donors (Lipinski definition) is 0. The number of carbonyl (C=O) groups is 1. The van der Waals surface area contributed by atoms with Crippen molar-refractivity contribution in [1.29, 1.82) is 0 Å². The number of benzene rings is 2. The van der Waals surface area contributed by atoms with Gasteiger partial charge >= 0.3 is 0 Å². The van der Waals surface area contributed by atoms with Gasteiger partial charge in [0.15, 0.2) is 17.5 Å². The van der Waals surface area contributed by atoms with E-state index in [1.807, 2.05) is 12.1 Å². The monoisotopic (exact) mass is 425 g/mol. The van der Waals surface area contributed by atoms with Crippen LogP contribution in [0.4, 0.5) is 13.2 Å². The number of fused-ring (bicyclic) bond motifs is 2. The van der Waals surface area contributed by atoms with Crippen molar-refractivity contribution in [3.05, 3.63) is 70.8 Å². The second-order valence-electron chi connectivity index (χ2n) is 7.64. The fourth-order valence-electron chi connectivity index (χ4n) is 4.32. The summed E-state index contributed by atoms with van der Waals surface area (Å²) in [6.07, 6.45) is 2.18. The van der Waals surface area contributed by atoms with Gasteiger partial charge in [0.2, 0.25) is 0 Å². The van der Waals surface area contributed by atoms with Crippen LogP contribution < -0.4 is 0 Å². The highest BCUT2D eigenvalue weighted by atomic mass is 19.2. The Morgan fingerprint density at radius 2 is 1.81 bits per heavy atom. The normalized spacial score (nSPS) is 13.6. The molecule has 0 atom stereocenters. The Labute approximate surface area is 175 Å². The molecule has 1 aliphatic heterocycles. The Morgan fingerprint density at radius 1 is 1.06 bits per heavy atom. The summed E-state index contributed by atoms with van der Waals surface area (Å²) in [6.45, 7) is 0.688. The molecule has 0 bridgehead atoms. The average Bonchev–Trinajstić information content (AvgIpc) is 3.29. The fourth-order valence-corrected chi connectivity index (χ4v) is 4.32. The molecular formula is C22H18F3N5O. The minimum Gasteiger partial charge on any atom is -0.332 e. The Morgan fingerprint density at radius 3 is 2.55 bits per heavy atom. The van der Waals surface area contributed by atoms with E-state index in [0.29, 0.717) is 29.9 Å². The van der Waals surface area contributed by atoms with Crippen LogP contribution in [-0.4, -0.2) is 36.9 Å². The van der Waals surface area contributed by atoms with Crippen molar-refractivity contribution < 1.29 is 18.0 Å². The Kier molecular flexibility index (Phi) is 4.35. The van der Waals surface area contributed by atoms with Gasteiger partial charge in [-0.3, -0.25) is 14.2 Å². The van der Waals surface area contributed by atoms with Crippen LogP contribution in [0.25, 0.3) is 22.2 Å². The molecule has 158 valence electrons. The molecule has 0 saturated heterocycles. The highest BCUT2D eigenvalue weighted by Crippen LogP contribution is 2.32. The lowest BCUT2D eigenvalue weighted by atomic mass is 9.99. The lowest BCUT2D eigenvalue weighted by Gasteiger charge is -2.27. The molecule has 0 fully saturated rings. The second kappa shape index (κ2) is 6.97. The van der Waals surface area contributed by atoms with Gasteiger partial charge in [-0.15, -0.1) is 0 Å². The highest BCUT2D eigenvalue weighted by Gasteiger charge is 2.29. The first-order chi connectivity index (χ1) is 14.8. The number of nitrogens with zero attached hydrogens (tertiary/aromatic N) is 5. The molecule has 1 aliphatic rings. The molecule has 9 heteroatoms. The van der Waals surface area contributed by atoms with Crippen molar-refractivity contribution in [3.8, 4) is 11.3 Å². The lowest BCUT2D eigenvalue weighted by Crippen LogP contribution is -2.36. The van der Waals surface area contributed by atoms with Crippen LogP contribution in [0, 0.1) is 17.5 Å². The maximum absolute atomic E-state index is 13.8. The maximum Gasteiger partial charge on any atom is 0.256 e. The van der Waals surface area contributed by atoms with Crippen molar-refractivity contribution in [2.24, 2.45) is 14.1 Å². The van der Waals surface area contributed by atoms with Crippen LogP contribution in [0.5, 0.6) is 0 Å². The smallest absolute Gasteiger partial charge is 0.256 e. The number of aromatic nitrogens is 4. The van der Waals surface area contributed by atoms with E-state index in [9.17, 15) is 18.0 Å². The average molecular weight is 425 g/mol. The number of rotatable bonds is 2. The minimum absolute atomic E-state index is 0.133. The number of carbonyl (C=O) groups excluding carboxylic acids is 1. The van der Waals surface area contributed by atoms with E-state index in [1.54, 1.807) is 35.9 Å². The van der Waals surface area contributed by atoms with Gasteiger partial charge in [0.25, 0.3) is 5.91 Å². The van der Waals surface area contributed by atoms with E-state index in [1.165, 1.54) is 4.68 Å². The van der Waals surface area contributed by atoms with Gasteiger partial charge in [-0.25, -0.2) is 13.2 Å². The Balaban J connectivity index is 1.50. The zero-order chi connectivity index (χ0) is 21.9. The van der Waals surface area contributed by atoms with Crippen LogP contribution in [0.1, 0.15) is 21.6 Å². The summed E-state index contributed by atoms with van der Waals surface area (Å²) in [6, 6.07) is 7.44. The molecule has 3 heterocycles. The van der Waals surface area contributed by atoms with Crippen LogP contribution in [0.2, 0.25) is 0 Å². The van der Waals surface area contributed by atoms with Gasteiger partial charge in [0.05, 0.1) is 35.2 Å². The zero-order valence-corrected chi connectivity index (χ0v) is 16.9. The number of halogens is 3. The Hall–Kier alpha value is -3.62. The van der Waals surface area contributed by atoms with Crippen LogP contribution in [0.15, 0.2) is 36.5 Å². The van der Waals surface area contributed by atoms with Crippen molar-refractivity contribution in [3.63, 3.8) is 0 Å². The van der Waals surface area contributed by atoms with Crippen LogP contribution in [-0.2, 0) is 27.1 Å². The molecule has 0 aliphatic carbocycles. The minimum atomic E-state index is -1.50. The van der Waals surface area contributed by atoms with Gasteiger partial charge in [-0.1, -0.05) is 12.1 Å². The van der Waals surface area contributed by atoms with Crippen molar-refractivity contribution in [2.45, 2.75) is 13.0 Å². The van der Waals surface area contributed by atoms with Gasteiger partial charge in [0, 0.05) is 37.2 Å². The summed E-state index contributed by atoms with van der Waals surface area (Å²) in [5, 5.41) is 9.58. The molecular weight excluding hydrogens is 407 g/mol. The van der Waals surface area contributed by atoms with Crippen LogP contribution in [0.3, 0.4) is 0 Å². The molecule has 2 aromatic heterocycles. The molecule has 0 radical (unpaired) electrons. The first kappa shape index (κ1) is 19.3.